The molecule has 0 amide bonds. The zero-order valence-corrected chi connectivity index (χ0v) is 14.8. The quantitative estimate of drug-likeness (QED) is 0.614. The van der Waals surface area contributed by atoms with Gasteiger partial charge in [0.2, 0.25) is 0 Å². The molecule has 4 rings (SSSR count). The van der Waals surface area contributed by atoms with Gasteiger partial charge in [-0.1, -0.05) is 32.0 Å². The van der Waals surface area contributed by atoms with Gasteiger partial charge in [0.25, 0.3) is 0 Å². The van der Waals surface area contributed by atoms with Gasteiger partial charge in [-0.3, -0.25) is 5.14 Å². The molecule has 0 aliphatic heterocycles. The maximum atomic E-state index is 13.0. The zero-order chi connectivity index (χ0) is 16.4. The summed E-state index contributed by atoms with van der Waals surface area (Å²) in [5.74, 6) is 0.408. The Balaban J connectivity index is 0.000000166. The van der Waals surface area contributed by atoms with Crippen LogP contribution in [0.15, 0.2) is 53.4 Å². The summed E-state index contributed by atoms with van der Waals surface area (Å²) < 4.78 is 14.0. The van der Waals surface area contributed by atoms with E-state index in [2.05, 4.69) is 18.8 Å². The van der Waals surface area contributed by atoms with E-state index in [1.54, 1.807) is 23.5 Å². The highest BCUT2D eigenvalue weighted by atomic mass is 32.2. The number of hydrogen-bond acceptors (Lipinski definition) is 4. The van der Waals surface area contributed by atoms with Crippen molar-refractivity contribution in [1.29, 1.82) is 0 Å². The molecule has 0 bridgehead atoms. The fourth-order valence-corrected chi connectivity index (χ4v) is 4.07. The van der Waals surface area contributed by atoms with E-state index in [1.807, 2.05) is 30.3 Å². The molecule has 1 aliphatic rings. The normalized spacial score (nSPS) is 18.3. The Morgan fingerprint density at radius 2 is 1.91 bits per heavy atom. The van der Waals surface area contributed by atoms with Crippen LogP contribution in [0, 0.1) is 11.2 Å². The number of hydrogen-bond donors (Lipinski definition) is 1. The lowest BCUT2D eigenvalue weighted by molar-refractivity contribution is 0.621. The second kappa shape index (κ2) is 6.59. The fourth-order valence-electron chi connectivity index (χ4n) is 2.45. The van der Waals surface area contributed by atoms with Crippen LogP contribution in [0.1, 0.15) is 31.2 Å². The number of fused-ring (bicyclic) bond motifs is 1. The number of halogens is 1. The summed E-state index contributed by atoms with van der Waals surface area (Å²) in [6.07, 6.45) is 1.20. The molecule has 2 N–H and O–H groups in total. The molecule has 1 aliphatic carbocycles. The highest BCUT2D eigenvalue weighted by Gasteiger charge is 2.48. The minimum Gasteiger partial charge on any atom is -0.274 e. The van der Waals surface area contributed by atoms with Crippen molar-refractivity contribution in [2.24, 2.45) is 10.6 Å². The molecule has 1 unspecified atom stereocenters. The summed E-state index contributed by atoms with van der Waals surface area (Å²) >= 11 is 2.90. The molecule has 5 heteroatoms. The number of benzene rings is 2. The zero-order valence-electron chi connectivity index (χ0n) is 13.1. The highest BCUT2D eigenvalue weighted by Crippen LogP contribution is 2.59. The summed E-state index contributed by atoms with van der Waals surface area (Å²) in [4.78, 5) is 5.67. The minimum atomic E-state index is -0.173. The van der Waals surface area contributed by atoms with Crippen molar-refractivity contribution in [3.8, 4) is 0 Å². The fraction of sp³-hybridized carbons (Fsp3) is 0.278. The molecular formula is C18H19FN2S2. The predicted molar refractivity (Wildman–Crippen MR) is 97.2 cm³/mol. The molecule has 3 aromatic rings. The van der Waals surface area contributed by atoms with Gasteiger partial charge in [-0.05, 0) is 54.1 Å². The SMILES string of the molecule is CC1(C)CC1c1nc2ccc(F)cc2s1.NSc1ccccc1. The predicted octanol–water partition coefficient (Wildman–Crippen LogP) is 5.60. The first-order chi connectivity index (χ1) is 11.0. The second-order valence-electron chi connectivity index (χ2n) is 6.34. The third-order valence-corrected chi connectivity index (χ3v) is 5.73. The third kappa shape index (κ3) is 3.91. The summed E-state index contributed by atoms with van der Waals surface area (Å²) in [7, 11) is 0. The van der Waals surface area contributed by atoms with Crippen molar-refractivity contribution in [3.63, 3.8) is 0 Å². The van der Waals surface area contributed by atoms with Gasteiger partial charge in [0, 0.05) is 10.8 Å². The molecule has 120 valence electrons. The molecule has 0 spiro atoms. The van der Waals surface area contributed by atoms with Crippen LogP contribution in [-0.4, -0.2) is 4.98 Å². The highest BCUT2D eigenvalue weighted by molar-refractivity contribution is 7.97. The van der Waals surface area contributed by atoms with Crippen LogP contribution >= 0.6 is 23.3 Å². The lowest BCUT2D eigenvalue weighted by Gasteiger charge is -1.97. The first-order valence-electron chi connectivity index (χ1n) is 7.47. The maximum Gasteiger partial charge on any atom is 0.124 e. The van der Waals surface area contributed by atoms with Gasteiger partial charge in [0.1, 0.15) is 5.82 Å². The number of aromatic nitrogens is 1. The van der Waals surface area contributed by atoms with Crippen molar-refractivity contribution in [2.75, 3.05) is 0 Å². The maximum absolute atomic E-state index is 13.0. The standard InChI is InChI=1S/C12H12FNS.C6H7NS/c1-12(2)6-8(12)11-14-9-4-3-7(13)5-10(9)15-11;7-8-6-4-2-1-3-5-6/h3-5,8H,6H2,1-2H3;1-5H,7H2. The van der Waals surface area contributed by atoms with E-state index in [0.29, 0.717) is 11.3 Å². The Labute approximate surface area is 144 Å². The molecule has 1 atom stereocenters. The number of rotatable bonds is 2. The Morgan fingerprint density at radius 3 is 2.48 bits per heavy atom. The molecular weight excluding hydrogens is 327 g/mol. The van der Waals surface area contributed by atoms with Crippen molar-refractivity contribution in [3.05, 3.63) is 59.4 Å². The van der Waals surface area contributed by atoms with E-state index in [4.69, 9.17) is 5.14 Å². The second-order valence-corrected chi connectivity index (χ2v) is 8.11. The Morgan fingerprint density at radius 1 is 1.22 bits per heavy atom. The Kier molecular flexibility index (Phi) is 4.71. The third-order valence-electron chi connectivity index (χ3n) is 4.06. The molecule has 1 aromatic heterocycles. The van der Waals surface area contributed by atoms with Crippen LogP contribution in [0.5, 0.6) is 0 Å². The van der Waals surface area contributed by atoms with E-state index in [9.17, 15) is 4.39 Å². The van der Waals surface area contributed by atoms with Crippen molar-refractivity contribution in [2.45, 2.75) is 31.1 Å². The van der Waals surface area contributed by atoms with Crippen molar-refractivity contribution >= 4 is 33.5 Å². The van der Waals surface area contributed by atoms with Gasteiger partial charge in [-0.15, -0.1) is 11.3 Å². The Bertz CT molecular complexity index is 799. The van der Waals surface area contributed by atoms with Crippen molar-refractivity contribution in [1.82, 2.24) is 4.98 Å². The summed E-state index contributed by atoms with van der Waals surface area (Å²) in [5, 5.41) is 6.43. The average molecular weight is 346 g/mol. The largest absolute Gasteiger partial charge is 0.274 e. The average Bonchev–Trinajstić information content (AvgIpc) is 3.00. The monoisotopic (exact) mass is 346 g/mol. The molecule has 23 heavy (non-hydrogen) atoms. The molecule has 0 radical (unpaired) electrons. The van der Waals surface area contributed by atoms with Crippen molar-refractivity contribution < 1.29 is 4.39 Å². The first-order valence-corrected chi connectivity index (χ1v) is 9.17. The van der Waals surface area contributed by atoms with Gasteiger partial charge >= 0.3 is 0 Å². The van der Waals surface area contributed by atoms with Gasteiger partial charge in [0.15, 0.2) is 0 Å². The molecule has 2 nitrogen and oxygen atoms in total. The van der Waals surface area contributed by atoms with Crippen LogP contribution in [0.3, 0.4) is 0 Å². The molecule has 2 aromatic carbocycles. The van der Waals surface area contributed by atoms with E-state index in [0.717, 1.165) is 15.1 Å². The van der Waals surface area contributed by atoms with E-state index < -0.39 is 0 Å². The van der Waals surface area contributed by atoms with Gasteiger partial charge < -0.3 is 0 Å². The Hall–Kier alpha value is -1.43. The summed E-state index contributed by atoms with van der Waals surface area (Å²) in [5.41, 5.74) is 1.32. The van der Waals surface area contributed by atoms with E-state index in [1.165, 1.54) is 29.4 Å². The van der Waals surface area contributed by atoms with Crippen LogP contribution < -0.4 is 5.14 Å². The lowest BCUT2D eigenvalue weighted by atomic mass is 10.1. The first kappa shape index (κ1) is 16.4. The molecule has 0 saturated heterocycles. The topological polar surface area (TPSA) is 38.9 Å². The molecule has 1 saturated carbocycles. The van der Waals surface area contributed by atoms with E-state index in [-0.39, 0.29) is 5.82 Å². The minimum absolute atomic E-state index is 0.173. The van der Waals surface area contributed by atoms with Gasteiger partial charge in [0.05, 0.1) is 15.2 Å². The van der Waals surface area contributed by atoms with E-state index >= 15 is 0 Å². The molecule has 1 heterocycles. The number of nitrogens with two attached hydrogens (primary N) is 1. The summed E-state index contributed by atoms with van der Waals surface area (Å²) in [6.45, 7) is 4.51. The molecule has 1 fully saturated rings. The van der Waals surface area contributed by atoms with Crippen LogP contribution in [0.4, 0.5) is 4.39 Å². The summed E-state index contributed by atoms with van der Waals surface area (Å²) in [6, 6.07) is 14.7. The number of thiazole rings is 1. The van der Waals surface area contributed by atoms with Gasteiger partial charge in [-0.2, -0.15) is 0 Å². The van der Waals surface area contributed by atoms with Crippen LogP contribution in [0.25, 0.3) is 10.2 Å². The van der Waals surface area contributed by atoms with Crippen LogP contribution in [-0.2, 0) is 0 Å². The lowest BCUT2D eigenvalue weighted by Crippen LogP contribution is -1.88. The van der Waals surface area contributed by atoms with Crippen LogP contribution in [0.2, 0.25) is 0 Å². The smallest absolute Gasteiger partial charge is 0.124 e. The van der Waals surface area contributed by atoms with Gasteiger partial charge in [-0.25, -0.2) is 9.37 Å². The number of nitrogens with zero attached hydrogens (tertiary/aromatic N) is 1.